The van der Waals surface area contributed by atoms with Gasteiger partial charge < -0.3 is 4.57 Å². The van der Waals surface area contributed by atoms with E-state index in [1.165, 1.54) is 5.56 Å². The van der Waals surface area contributed by atoms with Gasteiger partial charge in [0.25, 0.3) is 5.56 Å². The van der Waals surface area contributed by atoms with Gasteiger partial charge in [-0.05, 0) is 23.6 Å². The highest BCUT2D eigenvalue weighted by Crippen LogP contribution is 2.27. The fourth-order valence-corrected chi connectivity index (χ4v) is 2.77. The third kappa shape index (κ3) is 3.80. The van der Waals surface area contributed by atoms with Crippen molar-refractivity contribution in [1.82, 2.24) is 19.8 Å². The van der Waals surface area contributed by atoms with Crippen molar-refractivity contribution in [2.75, 3.05) is 0 Å². The molecule has 2 heterocycles. The van der Waals surface area contributed by atoms with Crippen LogP contribution in [0.1, 0.15) is 18.1 Å². The van der Waals surface area contributed by atoms with E-state index >= 15 is 0 Å². The van der Waals surface area contributed by atoms with Gasteiger partial charge in [-0.25, -0.2) is 0 Å². The molecule has 0 aliphatic heterocycles. The number of benzene rings is 1. The van der Waals surface area contributed by atoms with Gasteiger partial charge in [-0.15, -0.1) is 0 Å². The summed E-state index contributed by atoms with van der Waals surface area (Å²) in [7, 11) is 1.74. The lowest BCUT2D eigenvalue weighted by Crippen LogP contribution is -2.16. The van der Waals surface area contributed by atoms with Crippen molar-refractivity contribution in [2.45, 2.75) is 13.5 Å². The molecule has 0 amide bonds. The van der Waals surface area contributed by atoms with E-state index in [0.717, 1.165) is 22.3 Å². The van der Waals surface area contributed by atoms with Crippen molar-refractivity contribution in [2.24, 2.45) is 12.1 Å². The number of aromatic nitrogens is 3. The Morgan fingerprint density at radius 3 is 2.81 bits per heavy atom. The zero-order valence-electron chi connectivity index (χ0n) is 14.9. The number of hydrogen-bond donors (Lipinski definition) is 1. The summed E-state index contributed by atoms with van der Waals surface area (Å²) in [5, 5.41) is 8.09. The molecular formula is C20H21N5O. The number of allylic oxidation sites excluding steroid dienone is 1. The number of nitrogens with zero attached hydrogens (tertiary/aromatic N) is 4. The maximum atomic E-state index is 12.1. The number of hydrogen-bond acceptors (Lipinski definition) is 4. The summed E-state index contributed by atoms with van der Waals surface area (Å²) < 4.78 is 3.46. The van der Waals surface area contributed by atoms with E-state index in [2.05, 4.69) is 34.5 Å². The summed E-state index contributed by atoms with van der Waals surface area (Å²) in [6, 6.07) is 11.8. The lowest BCUT2D eigenvalue weighted by Gasteiger charge is -2.10. The topological polar surface area (TPSA) is 64.2 Å². The largest absolute Gasteiger partial charge is 0.318 e. The minimum absolute atomic E-state index is 0.0697. The van der Waals surface area contributed by atoms with E-state index in [4.69, 9.17) is 0 Å². The third-order valence-corrected chi connectivity index (χ3v) is 4.16. The molecule has 0 saturated heterocycles. The second-order valence-electron chi connectivity index (χ2n) is 6.08. The fourth-order valence-electron chi connectivity index (χ4n) is 2.77. The number of hydrazone groups is 1. The van der Waals surface area contributed by atoms with Crippen molar-refractivity contribution >= 4 is 12.3 Å². The quantitative estimate of drug-likeness (QED) is 0.551. The molecule has 26 heavy (non-hydrogen) atoms. The molecule has 0 saturated carbocycles. The van der Waals surface area contributed by atoms with Crippen LogP contribution in [0.2, 0.25) is 0 Å². The number of aryl methyl sites for hydroxylation is 1. The maximum Gasteiger partial charge on any atom is 0.250 e. The minimum atomic E-state index is -0.0697. The Labute approximate surface area is 152 Å². The number of nitrogens with one attached hydrogen (secondary N) is 1. The SMILES string of the molecule is C=NN/C=C(\C)c1cc(=O)n(C)cc1-c1cnn(Cc2ccccc2)c1. The maximum absolute atomic E-state index is 12.1. The zero-order valence-corrected chi connectivity index (χ0v) is 14.9. The Bertz CT molecular complexity index is 999. The van der Waals surface area contributed by atoms with Gasteiger partial charge in [0.1, 0.15) is 0 Å². The van der Waals surface area contributed by atoms with Crippen LogP contribution in [0.4, 0.5) is 0 Å². The highest BCUT2D eigenvalue weighted by Gasteiger charge is 2.12. The molecule has 0 bridgehead atoms. The van der Waals surface area contributed by atoms with Gasteiger partial charge in [-0.3, -0.25) is 14.9 Å². The lowest BCUT2D eigenvalue weighted by atomic mass is 10.00. The molecule has 0 radical (unpaired) electrons. The summed E-state index contributed by atoms with van der Waals surface area (Å²) >= 11 is 0. The highest BCUT2D eigenvalue weighted by atomic mass is 16.1. The average Bonchev–Trinajstić information content (AvgIpc) is 3.10. The van der Waals surface area contributed by atoms with Crippen LogP contribution in [-0.2, 0) is 13.6 Å². The average molecular weight is 347 g/mol. The molecule has 3 aromatic rings. The normalized spacial score (nSPS) is 11.4. The first kappa shape index (κ1) is 17.4. The highest BCUT2D eigenvalue weighted by molar-refractivity contribution is 5.79. The van der Waals surface area contributed by atoms with Crippen molar-refractivity contribution < 1.29 is 0 Å². The Balaban J connectivity index is 2.00. The van der Waals surface area contributed by atoms with E-state index in [9.17, 15) is 4.79 Å². The molecule has 3 rings (SSSR count). The predicted molar refractivity (Wildman–Crippen MR) is 105 cm³/mol. The first-order valence-corrected chi connectivity index (χ1v) is 8.24. The summed E-state index contributed by atoms with van der Waals surface area (Å²) in [5.74, 6) is 0. The van der Waals surface area contributed by atoms with Crippen LogP contribution in [-0.4, -0.2) is 21.1 Å². The molecular weight excluding hydrogens is 326 g/mol. The van der Waals surface area contributed by atoms with Crippen LogP contribution in [0.25, 0.3) is 16.7 Å². The molecule has 0 spiro atoms. The molecule has 0 aliphatic rings. The molecule has 0 aliphatic carbocycles. The Morgan fingerprint density at radius 1 is 1.31 bits per heavy atom. The summed E-state index contributed by atoms with van der Waals surface area (Å²) in [4.78, 5) is 12.1. The lowest BCUT2D eigenvalue weighted by molar-refractivity contribution is 0.687. The second kappa shape index (κ2) is 7.65. The molecule has 132 valence electrons. The molecule has 6 nitrogen and oxygen atoms in total. The first-order valence-electron chi connectivity index (χ1n) is 8.24. The summed E-state index contributed by atoms with van der Waals surface area (Å²) in [5.41, 5.74) is 7.44. The van der Waals surface area contributed by atoms with E-state index in [1.54, 1.807) is 23.9 Å². The van der Waals surface area contributed by atoms with Crippen LogP contribution in [0.3, 0.4) is 0 Å². The van der Waals surface area contributed by atoms with Gasteiger partial charge in [-0.1, -0.05) is 30.3 Å². The van der Waals surface area contributed by atoms with Crippen LogP contribution in [0.15, 0.2) is 71.1 Å². The van der Waals surface area contributed by atoms with Crippen molar-refractivity contribution in [3.8, 4) is 11.1 Å². The van der Waals surface area contributed by atoms with Crippen LogP contribution >= 0.6 is 0 Å². The molecule has 2 aromatic heterocycles. The van der Waals surface area contributed by atoms with Crippen LogP contribution < -0.4 is 11.0 Å². The monoisotopic (exact) mass is 347 g/mol. The van der Waals surface area contributed by atoms with Crippen molar-refractivity contribution in [3.05, 3.63) is 82.7 Å². The Kier molecular flexibility index (Phi) is 5.12. The van der Waals surface area contributed by atoms with Gasteiger partial charge >= 0.3 is 0 Å². The first-order chi connectivity index (χ1) is 12.6. The molecule has 0 fully saturated rings. The summed E-state index contributed by atoms with van der Waals surface area (Å²) in [6.07, 6.45) is 7.36. The molecule has 0 unspecified atom stereocenters. The number of pyridine rings is 1. The van der Waals surface area contributed by atoms with E-state index in [1.807, 2.05) is 48.4 Å². The van der Waals surface area contributed by atoms with Gasteiger partial charge in [-0.2, -0.15) is 10.2 Å². The fraction of sp³-hybridized carbons (Fsp3) is 0.150. The van der Waals surface area contributed by atoms with Gasteiger partial charge in [0.15, 0.2) is 0 Å². The number of rotatable bonds is 6. The minimum Gasteiger partial charge on any atom is -0.318 e. The van der Waals surface area contributed by atoms with E-state index < -0.39 is 0 Å². The standard InChI is InChI=1S/C20H21N5O/c1-15(10-22-21-2)18-9-20(26)24(3)14-19(18)17-11-23-25(13-17)12-16-7-5-4-6-8-16/h4-11,13-14,22H,2,12H2,1,3H3/b15-10+. The van der Waals surface area contributed by atoms with E-state index in [0.29, 0.717) is 6.54 Å². The van der Waals surface area contributed by atoms with Crippen LogP contribution in [0.5, 0.6) is 0 Å². The second-order valence-corrected chi connectivity index (χ2v) is 6.08. The van der Waals surface area contributed by atoms with E-state index in [-0.39, 0.29) is 5.56 Å². The molecule has 1 aromatic carbocycles. The van der Waals surface area contributed by atoms with Gasteiger partial charge in [0.2, 0.25) is 0 Å². The molecule has 1 N–H and O–H groups in total. The molecule has 6 heteroatoms. The zero-order chi connectivity index (χ0) is 18.5. The van der Waals surface area contributed by atoms with Crippen molar-refractivity contribution in [3.63, 3.8) is 0 Å². The van der Waals surface area contributed by atoms with Gasteiger partial charge in [0.05, 0.1) is 12.7 Å². The van der Waals surface area contributed by atoms with Gasteiger partial charge in [0, 0.05) is 49.6 Å². The Morgan fingerprint density at radius 2 is 2.08 bits per heavy atom. The Hall–Kier alpha value is -3.41. The van der Waals surface area contributed by atoms with Crippen molar-refractivity contribution in [1.29, 1.82) is 0 Å². The summed E-state index contributed by atoms with van der Waals surface area (Å²) in [6.45, 7) is 6.01. The van der Waals surface area contributed by atoms with Crippen LogP contribution in [0, 0.1) is 0 Å². The molecule has 0 atom stereocenters. The third-order valence-electron chi connectivity index (χ3n) is 4.16. The predicted octanol–water partition coefficient (Wildman–Crippen LogP) is 2.86. The smallest absolute Gasteiger partial charge is 0.250 e.